The van der Waals surface area contributed by atoms with Crippen molar-refractivity contribution in [3.8, 4) is 0 Å². The van der Waals surface area contributed by atoms with E-state index in [0.29, 0.717) is 0 Å². The van der Waals surface area contributed by atoms with E-state index in [9.17, 15) is 43.9 Å². The Morgan fingerprint density at radius 2 is 0.426 bits per heavy atom. The normalized spacial score (nSPS) is 12.5. The zero-order valence-corrected chi connectivity index (χ0v) is 47.8. The van der Waals surface area contributed by atoms with Crippen molar-refractivity contribution >= 4 is 43.6 Å². The van der Waals surface area contributed by atoms with E-state index in [1.165, 1.54) is 190 Å². The number of hydrogen-bond acceptors (Lipinski definition) is 2. The van der Waals surface area contributed by atoms with Crippen molar-refractivity contribution in [1.82, 2.24) is 0 Å². The number of unbranched alkanes of at least 4 members (excludes halogenated alkanes) is 18. The van der Waals surface area contributed by atoms with Gasteiger partial charge in [0, 0.05) is 10.4 Å². The predicted octanol–water partition coefficient (Wildman–Crippen LogP) is 19.0. The monoisotopic (exact) mass is 1050 g/mol. The van der Waals surface area contributed by atoms with Gasteiger partial charge in [-0.25, -0.2) is 43.9 Å². The molecule has 2 rings (SSSR count). The van der Waals surface area contributed by atoms with E-state index in [-0.39, 0.29) is 0 Å². The summed E-state index contributed by atoms with van der Waals surface area (Å²) in [6, 6.07) is 8.91. The van der Waals surface area contributed by atoms with Crippen LogP contribution in [0.3, 0.4) is 0 Å². The van der Waals surface area contributed by atoms with Gasteiger partial charge in [-0.2, -0.15) is 0 Å². The third kappa shape index (κ3) is 20.6. The van der Waals surface area contributed by atoms with Crippen LogP contribution in [0.2, 0.25) is 62.5 Å². The summed E-state index contributed by atoms with van der Waals surface area (Å²) in [6.45, 7) is 18.1. The number of benzene rings is 2. The van der Waals surface area contributed by atoms with Crippen molar-refractivity contribution in [2.45, 2.75) is 258 Å². The van der Waals surface area contributed by atoms with Crippen molar-refractivity contribution in [3.05, 3.63) is 58.2 Å². The van der Waals surface area contributed by atoms with Gasteiger partial charge in [0.25, 0.3) is 0 Å². The van der Waals surface area contributed by atoms with Crippen LogP contribution in [0.25, 0.3) is 0 Å². The largest absolute Gasteiger partial charge is 0.455 e. The minimum atomic E-state index is -4.17. The lowest BCUT2D eigenvalue weighted by atomic mass is 10.2. The highest BCUT2D eigenvalue weighted by Crippen LogP contribution is 2.40. The second-order valence-electron chi connectivity index (χ2n) is 20.3. The van der Waals surface area contributed by atoms with E-state index < -0.39 is 102 Å². The molecule has 0 saturated carbocycles. The molecule has 0 amide bonds. The first kappa shape index (κ1) is 64.5. The summed E-state index contributed by atoms with van der Waals surface area (Å²) in [6.07, 6.45) is 34.0. The van der Waals surface area contributed by atoms with Gasteiger partial charge in [-0.3, -0.25) is 0 Å². The highest BCUT2D eigenvalue weighted by Gasteiger charge is 2.47. The Bertz CT molecular complexity index is 1490. The van der Waals surface area contributed by atoms with Crippen molar-refractivity contribution in [1.29, 1.82) is 0 Å². The third-order valence-electron chi connectivity index (χ3n) is 13.5. The Morgan fingerprint density at radius 3 is 0.603 bits per heavy atom. The summed E-state index contributed by atoms with van der Waals surface area (Å²) in [7, 11) is -11.8. The van der Waals surface area contributed by atoms with Crippen LogP contribution in [0.5, 0.6) is 0 Å². The Kier molecular flexibility index (Phi) is 31.6. The molecule has 0 spiro atoms. The first-order valence-corrected chi connectivity index (χ1v) is 37.4. The molecular weight excluding hydrogens is 959 g/mol. The number of hydrogen-bond donors (Lipinski definition) is 0. The molecule has 0 heterocycles. The summed E-state index contributed by atoms with van der Waals surface area (Å²) in [5.74, 6) is -22.6. The fourth-order valence-electron chi connectivity index (χ4n) is 9.77. The molecular formula is C52H90F10O2Si4. The zero-order chi connectivity index (χ0) is 51.6. The second kappa shape index (κ2) is 33.3. The van der Waals surface area contributed by atoms with Gasteiger partial charge in [0.05, 0.1) is 0 Å². The van der Waals surface area contributed by atoms with E-state index in [1.807, 2.05) is 0 Å². The molecule has 0 N–H and O–H groups in total. The Balaban J connectivity index is 0.000000707. The molecule has 0 fully saturated rings. The van der Waals surface area contributed by atoms with Crippen molar-refractivity contribution in [3.63, 3.8) is 0 Å². The first-order valence-electron chi connectivity index (χ1n) is 26.6. The highest BCUT2D eigenvalue weighted by atomic mass is 28.4. The lowest BCUT2D eigenvalue weighted by molar-refractivity contribution is 0.380. The summed E-state index contributed by atoms with van der Waals surface area (Å²) in [5, 5.41) is -2.64. The fourth-order valence-corrected chi connectivity index (χ4v) is 31.2. The third-order valence-corrected chi connectivity index (χ3v) is 31.9. The summed E-state index contributed by atoms with van der Waals surface area (Å²) in [4.78, 5) is 0. The van der Waals surface area contributed by atoms with Crippen molar-refractivity contribution < 1.29 is 52.1 Å². The summed E-state index contributed by atoms with van der Waals surface area (Å²) in [5.41, 5.74) is 0. The molecule has 0 aromatic heterocycles. The molecule has 2 nitrogen and oxygen atoms in total. The quantitative estimate of drug-likeness (QED) is 0.0223. The molecule has 0 saturated heterocycles. The molecule has 0 aliphatic heterocycles. The maximum absolute atomic E-state index is 14.1. The Hall–Kier alpha value is -1.47. The van der Waals surface area contributed by atoms with Gasteiger partial charge in [0.15, 0.2) is 63.2 Å². The van der Waals surface area contributed by atoms with Gasteiger partial charge in [-0.05, 0) is 62.5 Å². The average molecular weight is 1050 g/mol. The van der Waals surface area contributed by atoms with Crippen LogP contribution in [0.4, 0.5) is 43.9 Å². The van der Waals surface area contributed by atoms with Gasteiger partial charge in [-0.15, -0.1) is 0 Å². The SMILES string of the molecule is CCCCCC[Si](CCCCCC)(CCCCCC)O[Si](CCCCCC)(CCCCCC)CCCCCC.C[Si](C)(O[Si](C)(C)c1c(F)c(F)c(F)c(F)c1F)c1c(F)c(F)c(F)c(F)c1F. The Labute approximate surface area is 410 Å². The van der Waals surface area contributed by atoms with E-state index in [4.69, 9.17) is 8.23 Å². The number of halogens is 10. The van der Waals surface area contributed by atoms with Gasteiger partial charge < -0.3 is 8.23 Å². The molecule has 2 aromatic carbocycles. The molecule has 0 atom stereocenters. The maximum Gasteiger partial charge on any atom is 0.212 e. The van der Waals surface area contributed by atoms with E-state index in [0.717, 1.165) is 26.2 Å². The van der Waals surface area contributed by atoms with Crippen molar-refractivity contribution in [2.75, 3.05) is 0 Å². The molecule has 0 unspecified atom stereocenters. The van der Waals surface area contributed by atoms with Crippen LogP contribution in [0, 0.1) is 58.2 Å². The van der Waals surface area contributed by atoms with Gasteiger partial charge in [0.1, 0.15) is 0 Å². The standard InChI is InChI=1S/C36H78OSi2.C16H12F10OSi2/c1-7-13-19-25-31-38(32-26-20-14-8-2,33-27-21-15-9-3)37-39(34-28-22-16-10-4,35-29-23-17-11-5)36-30-24-18-12-6;1-28(2,15-11(23)7(19)5(17)8(20)12(15)24)27-29(3,4)16-13(25)9(21)6(18)10(22)14(16)26/h7-36H2,1-6H3;1-4H3. The van der Waals surface area contributed by atoms with Crippen LogP contribution in [-0.2, 0) is 8.23 Å². The molecule has 68 heavy (non-hydrogen) atoms. The van der Waals surface area contributed by atoms with E-state index in [2.05, 4.69) is 41.5 Å². The van der Waals surface area contributed by atoms with Crippen LogP contribution in [0.1, 0.15) is 196 Å². The summed E-state index contributed by atoms with van der Waals surface area (Å²) < 4.78 is 151. The van der Waals surface area contributed by atoms with Crippen LogP contribution in [-0.4, -0.2) is 33.3 Å². The van der Waals surface area contributed by atoms with E-state index in [1.54, 1.807) is 0 Å². The number of rotatable bonds is 36. The van der Waals surface area contributed by atoms with Gasteiger partial charge >= 0.3 is 0 Å². The second-order valence-corrected chi connectivity index (χ2v) is 36.8. The van der Waals surface area contributed by atoms with E-state index >= 15 is 0 Å². The molecule has 0 aliphatic carbocycles. The molecule has 396 valence electrons. The molecule has 0 bridgehead atoms. The van der Waals surface area contributed by atoms with Gasteiger partial charge in [-0.1, -0.05) is 196 Å². The lowest BCUT2D eigenvalue weighted by Gasteiger charge is -2.44. The molecule has 16 heteroatoms. The summed E-state index contributed by atoms with van der Waals surface area (Å²) >= 11 is 0. The predicted molar refractivity (Wildman–Crippen MR) is 274 cm³/mol. The maximum atomic E-state index is 14.1. The zero-order valence-electron chi connectivity index (χ0n) is 43.8. The molecule has 0 aliphatic rings. The van der Waals surface area contributed by atoms with Crippen LogP contribution < -0.4 is 10.4 Å². The highest BCUT2D eigenvalue weighted by molar-refractivity contribution is 6.97. The first-order chi connectivity index (χ1) is 32.1. The molecule has 0 radical (unpaired) electrons. The fraction of sp³-hybridized carbons (Fsp3) is 0.769. The lowest BCUT2D eigenvalue weighted by Crippen LogP contribution is -2.61. The molecule has 2 aromatic rings. The Morgan fingerprint density at radius 1 is 0.250 bits per heavy atom. The topological polar surface area (TPSA) is 18.5 Å². The average Bonchev–Trinajstić information content (AvgIpc) is 3.29. The van der Waals surface area contributed by atoms with Crippen LogP contribution >= 0.6 is 0 Å². The smallest absolute Gasteiger partial charge is 0.212 e. The van der Waals surface area contributed by atoms with Gasteiger partial charge in [0.2, 0.25) is 28.3 Å². The minimum Gasteiger partial charge on any atom is -0.455 e. The minimum absolute atomic E-state index is 0.964. The van der Waals surface area contributed by atoms with Crippen molar-refractivity contribution in [2.24, 2.45) is 0 Å². The van der Waals surface area contributed by atoms with Crippen LogP contribution in [0.15, 0.2) is 0 Å².